The van der Waals surface area contributed by atoms with Gasteiger partial charge in [0, 0.05) is 28.9 Å². The normalized spacial score (nSPS) is 20.3. The summed E-state index contributed by atoms with van der Waals surface area (Å²) in [6.45, 7) is 8.15. The molecule has 0 spiro atoms. The number of ketones is 1. The molecule has 2 aromatic rings. The summed E-state index contributed by atoms with van der Waals surface area (Å²) in [7, 11) is 0. The average Bonchev–Trinajstić information content (AvgIpc) is 2.58. The molecule has 1 aliphatic heterocycles. The van der Waals surface area contributed by atoms with Crippen LogP contribution in [-0.2, 0) is 4.79 Å². The van der Waals surface area contributed by atoms with Gasteiger partial charge in [-0.15, -0.1) is 0 Å². The molecule has 2 aliphatic rings. The monoisotopic (exact) mass is 413 g/mol. The quantitative estimate of drug-likeness (QED) is 0.568. The predicted octanol–water partition coefficient (Wildman–Crippen LogP) is 4.61. The van der Waals surface area contributed by atoms with Crippen molar-refractivity contribution in [2.75, 3.05) is 5.32 Å². The third-order valence-corrected chi connectivity index (χ3v) is 6.12. The Morgan fingerprint density at radius 2 is 2.00 bits per heavy atom. The summed E-state index contributed by atoms with van der Waals surface area (Å²) >= 11 is 1.46. The standard InChI is InChI=1S/C22H24FN3O2S/c1-11(2)29-21-25-19-18(20(28)26-21)16(12-6-5-7-13(23)8-12)17-14(24-19)9-22(3,4)10-15(17)27/h5-8,11,16H,9-10H2,1-4H3,(H2,24,25,26,28). The van der Waals surface area contributed by atoms with Crippen LogP contribution in [0.4, 0.5) is 10.2 Å². The highest BCUT2D eigenvalue weighted by Gasteiger charge is 2.42. The van der Waals surface area contributed by atoms with Gasteiger partial charge in [0.2, 0.25) is 0 Å². The van der Waals surface area contributed by atoms with Crippen molar-refractivity contribution in [3.63, 3.8) is 0 Å². The van der Waals surface area contributed by atoms with E-state index in [0.29, 0.717) is 40.5 Å². The van der Waals surface area contributed by atoms with Gasteiger partial charge in [0.25, 0.3) is 5.56 Å². The minimum atomic E-state index is -0.630. The average molecular weight is 414 g/mol. The maximum absolute atomic E-state index is 14.0. The Morgan fingerprint density at radius 3 is 2.69 bits per heavy atom. The highest BCUT2D eigenvalue weighted by atomic mass is 32.2. The van der Waals surface area contributed by atoms with Gasteiger partial charge < -0.3 is 10.3 Å². The van der Waals surface area contributed by atoms with Crippen LogP contribution in [0.15, 0.2) is 45.5 Å². The molecule has 5 nitrogen and oxygen atoms in total. The highest BCUT2D eigenvalue weighted by molar-refractivity contribution is 7.99. The lowest BCUT2D eigenvalue weighted by atomic mass is 9.69. The fourth-order valence-corrected chi connectivity index (χ4v) is 4.93. The third kappa shape index (κ3) is 3.75. The fraction of sp³-hybridized carbons (Fsp3) is 0.409. The first kappa shape index (κ1) is 19.9. The molecular weight excluding hydrogens is 389 g/mol. The maximum atomic E-state index is 14.0. The van der Waals surface area contributed by atoms with E-state index in [9.17, 15) is 14.0 Å². The van der Waals surface area contributed by atoms with Crippen LogP contribution >= 0.6 is 11.8 Å². The summed E-state index contributed by atoms with van der Waals surface area (Å²) in [5, 5.41) is 4.06. The van der Waals surface area contributed by atoms with E-state index in [1.54, 1.807) is 12.1 Å². The first-order valence-electron chi connectivity index (χ1n) is 9.74. The first-order valence-corrected chi connectivity index (χ1v) is 10.6. The Hall–Kier alpha value is -2.41. The second kappa shape index (κ2) is 7.13. The van der Waals surface area contributed by atoms with Crippen LogP contribution in [0.5, 0.6) is 0 Å². The SMILES string of the molecule is CC(C)Sc1nc2c(c(=O)[nH]1)C(c1cccc(F)c1)C1=C(CC(C)(C)CC1=O)N2. The number of hydrogen-bond donors (Lipinski definition) is 2. The second-order valence-corrected chi connectivity index (χ2v) is 10.3. The van der Waals surface area contributed by atoms with E-state index in [1.165, 1.54) is 23.9 Å². The van der Waals surface area contributed by atoms with Gasteiger partial charge >= 0.3 is 0 Å². The number of carbonyl (C=O) groups excluding carboxylic acids is 1. The van der Waals surface area contributed by atoms with Crippen molar-refractivity contribution in [1.82, 2.24) is 9.97 Å². The molecule has 4 rings (SSSR count). The summed E-state index contributed by atoms with van der Waals surface area (Å²) in [5.74, 6) is -0.585. The van der Waals surface area contributed by atoms with Gasteiger partial charge in [-0.3, -0.25) is 9.59 Å². The number of Topliss-reactive ketones (excluding diaryl/α,β-unsaturated/α-hetero) is 1. The third-order valence-electron chi connectivity index (χ3n) is 5.23. The van der Waals surface area contributed by atoms with Crippen molar-refractivity contribution in [3.8, 4) is 0 Å². The highest BCUT2D eigenvalue weighted by Crippen LogP contribution is 2.47. The van der Waals surface area contributed by atoms with Crippen LogP contribution in [0.3, 0.4) is 0 Å². The van der Waals surface area contributed by atoms with Crippen molar-refractivity contribution in [2.24, 2.45) is 5.41 Å². The zero-order chi connectivity index (χ0) is 20.9. The first-order chi connectivity index (χ1) is 13.6. The molecule has 1 atom stereocenters. The van der Waals surface area contributed by atoms with Gasteiger partial charge in [-0.2, -0.15) is 0 Å². The number of benzene rings is 1. The number of nitrogens with one attached hydrogen (secondary N) is 2. The zero-order valence-corrected chi connectivity index (χ0v) is 17.7. The number of aromatic nitrogens is 2. The molecule has 7 heteroatoms. The topological polar surface area (TPSA) is 74.8 Å². The van der Waals surface area contributed by atoms with Gasteiger partial charge in [0.1, 0.15) is 11.6 Å². The van der Waals surface area contributed by atoms with E-state index in [2.05, 4.69) is 15.3 Å². The number of hydrogen-bond acceptors (Lipinski definition) is 5. The fourth-order valence-electron chi connectivity index (χ4n) is 4.19. The Bertz CT molecular complexity index is 1090. The van der Waals surface area contributed by atoms with Crippen LogP contribution in [0.1, 0.15) is 57.6 Å². The Kier molecular flexibility index (Phi) is 4.89. The van der Waals surface area contributed by atoms with E-state index in [1.807, 2.05) is 27.7 Å². The summed E-state index contributed by atoms with van der Waals surface area (Å²) < 4.78 is 14.0. The van der Waals surface area contributed by atoms with Gasteiger partial charge in [-0.25, -0.2) is 9.37 Å². The number of allylic oxidation sites excluding steroid dienone is 2. The maximum Gasteiger partial charge on any atom is 0.257 e. The van der Waals surface area contributed by atoms with Crippen LogP contribution in [0.2, 0.25) is 0 Å². The number of thioether (sulfide) groups is 1. The molecule has 0 fully saturated rings. The van der Waals surface area contributed by atoms with Crippen LogP contribution < -0.4 is 10.9 Å². The van der Waals surface area contributed by atoms with Crippen molar-refractivity contribution in [1.29, 1.82) is 0 Å². The molecule has 1 aromatic carbocycles. The largest absolute Gasteiger partial charge is 0.343 e. The second-order valence-electron chi connectivity index (χ2n) is 8.75. The molecular formula is C22H24FN3O2S. The number of aromatic amines is 1. The predicted molar refractivity (Wildman–Crippen MR) is 113 cm³/mol. The van der Waals surface area contributed by atoms with E-state index in [0.717, 1.165) is 5.70 Å². The minimum absolute atomic E-state index is 0.0105. The molecule has 1 aromatic heterocycles. The molecule has 1 unspecified atom stereocenters. The van der Waals surface area contributed by atoms with E-state index >= 15 is 0 Å². The molecule has 152 valence electrons. The molecule has 2 heterocycles. The van der Waals surface area contributed by atoms with Crippen molar-refractivity contribution >= 4 is 23.4 Å². The van der Waals surface area contributed by atoms with Crippen molar-refractivity contribution < 1.29 is 9.18 Å². The van der Waals surface area contributed by atoms with Gasteiger partial charge in [-0.1, -0.05) is 51.6 Å². The number of halogens is 1. The summed E-state index contributed by atoms with van der Waals surface area (Å²) in [6, 6.07) is 6.12. The van der Waals surface area contributed by atoms with Crippen LogP contribution in [-0.4, -0.2) is 21.0 Å². The molecule has 0 saturated heterocycles. The van der Waals surface area contributed by atoms with Crippen LogP contribution in [0, 0.1) is 11.2 Å². The van der Waals surface area contributed by atoms with Crippen LogP contribution in [0.25, 0.3) is 0 Å². The molecule has 29 heavy (non-hydrogen) atoms. The Labute approximate surface area is 173 Å². The lowest BCUT2D eigenvalue weighted by Gasteiger charge is -2.38. The molecule has 0 amide bonds. The number of H-pyrrole nitrogens is 1. The van der Waals surface area contributed by atoms with Crippen molar-refractivity contribution in [3.05, 3.63) is 62.8 Å². The minimum Gasteiger partial charge on any atom is -0.343 e. The van der Waals surface area contributed by atoms with Crippen molar-refractivity contribution in [2.45, 2.75) is 56.9 Å². The number of nitrogens with zero attached hydrogens (tertiary/aromatic N) is 1. The molecule has 0 saturated carbocycles. The summed E-state index contributed by atoms with van der Waals surface area (Å²) in [4.78, 5) is 33.7. The van der Waals surface area contributed by atoms with E-state index in [-0.39, 0.29) is 22.0 Å². The van der Waals surface area contributed by atoms with Gasteiger partial charge in [-0.05, 0) is 29.5 Å². The lowest BCUT2D eigenvalue weighted by Crippen LogP contribution is -2.37. The van der Waals surface area contributed by atoms with E-state index in [4.69, 9.17) is 0 Å². The number of fused-ring (bicyclic) bond motifs is 1. The van der Waals surface area contributed by atoms with Gasteiger partial charge in [0.15, 0.2) is 10.9 Å². The number of rotatable bonds is 3. The van der Waals surface area contributed by atoms with E-state index < -0.39 is 11.7 Å². The molecule has 2 N–H and O–H groups in total. The molecule has 0 radical (unpaired) electrons. The Balaban J connectivity index is 1.94. The smallest absolute Gasteiger partial charge is 0.257 e. The zero-order valence-electron chi connectivity index (χ0n) is 16.9. The number of carbonyl (C=O) groups is 1. The Morgan fingerprint density at radius 1 is 1.24 bits per heavy atom. The lowest BCUT2D eigenvalue weighted by molar-refractivity contribution is -0.118. The molecule has 1 aliphatic carbocycles. The molecule has 0 bridgehead atoms. The number of anilines is 1. The summed E-state index contributed by atoms with van der Waals surface area (Å²) in [6.07, 6.45) is 1.06. The van der Waals surface area contributed by atoms with Gasteiger partial charge in [0.05, 0.1) is 5.56 Å². The summed E-state index contributed by atoms with van der Waals surface area (Å²) in [5.41, 5.74) is 1.80.